The first-order valence-electron chi connectivity index (χ1n) is 5.11. The molecule has 92 valence electrons. The summed E-state index contributed by atoms with van der Waals surface area (Å²) >= 11 is 11.5. The summed E-state index contributed by atoms with van der Waals surface area (Å²) in [5.74, 6) is 0.0726. The lowest BCUT2D eigenvalue weighted by Crippen LogP contribution is -2.13. The van der Waals surface area contributed by atoms with Crippen molar-refractivity contribution in [1.29, 1.82) is 0 Å². The van der Waals surface area contributed by atoms with Gasteiger partial charge in [-0.15, -0.1) is 0 Å². The minimum absolute atomic E-state index is 0.272. The van der Waals surface area contributed by atoms with Crippen molar-refractivity contribution >= 4 is 34.9 Å². The van der Waals surface area contributed by atoms with Gasteiger partial charge < -0.3 is 5.32 Å². The molecule has 6 heteroatoms. The van der Waals surface area contributed by atoms with E-state index in [9.17, 15) is 4.79 Å². The number of halogens is 2. The van der Waals surface area contributed by atoms with Crippen molar-refractivity contribution in [2.24, 2.45) is 0 Å². The predicted octanol–water partition coefficient (Wildman–Crippen LogP) is 3.34. The van der Waals surface area contributed by atoms with E-state index in [2.05, 4.69) is 15.3 Å². The summed E-state index contributed by atoms with van der Waals surface area (Å²) in [7, 11) is 0. The minimum atomic E-state index is -0.272. The Bertz CT molecular complexity index is 584. The maximum atomic E-state index is 11.9. The van der Waals surface area contributed by atoms with Crippen molar-refractivity contribution in [3.63, 3.8) is 0 Å². The first kappa shape index (κ1) is 12.8. The SMILES string of the molecule is Cc1cc(C(=O)Nc2cnc(Cl)cn2)ccc1Cl. The number of nitrogens with one attached hydrogen (secondary N) is 1. The fraction of sp³-hybridized carbons (Fsp3) is 0.0833. The topological polar surface area (TPSA) is 54.9 Å². The van der Waals surface area contributed by atoms with Crippen LogP contribution in [-0.4, -0.2) is 15.9 Å². The molecule has 0 saturated carbocycles. The van der Waals surface area contributed by atoms with Gasteiger partial charge >= 0.3 is 0 Å². The molecule has 1 aromatic carbocycles. The Morgan fingerprint density at radius 2 is 2.00 bits per heavy atom. The van der Waals surface area contributed by atoms with Gasteiger partial charge in [-0.25, -0.2) is 9.97 Å². The smallest absolute Gasteiger partial charge is 0.256 e. The molecule has 0 atom stereocenters. The quantitative estimate of drug-likeness (QED) is 0.919. The van der Waals surface area contributed by atoms with Crippen LogP contribution in [0.3, 0.4) is 0 Å². The third kappa shape index (κ3) is 2.97. The summed E-state index contributed by atoms with van der Waals surface area (Å²) in [5, 5.41) is 3.51. The lowest BCUT2D eigenvalue weighted by molar-refractivity contribution is 0.102. The molecule has 0 fully saturated rings. The zero-order valence-corrected chi connectivity index (χ0v) is 11.0. The number of hydrogen-bond donors (Lipinski definition) is 1. The molecule has 1 amide bonds. The Labute approximate surface area is 114 Å². The van der Waals surface area contributed by atoms with Crippen LogP contribution in [0.2, 0.25) is 10.2 Å². The number of aromatic nitrogens is 2. The second-order valence-corrected chi connectivity index (χ2v) is 4.44. The number of hydrogen-bond acceptors (Lipinski definition) is 3. The van der Waals surface area contributed by atoms with E-state index in [0.29, 0.717) is 16.4 Å². The zero-order valence-electron chi connectivity index (χ0n) is 9.45. The minimum Gasteiger partial charge on any atom is -0.305 e. The molecule has 0 saturated heterocycles. The standard InChI is InChI=1S/C12H9Cl2N3O/c1-7-4-8(2-3-9(7)13)12(18)17-11-6-15-10(14)5-16-11/h2-6H,1H3,(H,16,17,18). The van der Waals surface area contributed by atoms with E-state index in [1.807, 2.05) is 6.92 Å². The van der Waals surface area contributed by atoms with Crippen LogP contribution in [0.5, 0.6) is 0 Å². The van der Waals surface area contributed by atoms with Crippen LogP contribution in [0.4, 0.5) is 5.82 Å². The van der Waals surface area contributed by atoms with Crippen LogP contribution < -0.4 is 5.32 Å². The molecule has 1 heterocycles. The number of anilines is 1. The van der Waals surface area contributed by atoms with Crippen molar-refractivity contribution in [1.82, 2.24) is 9.97 Å². The van der Waals surface area contributed by atoms with E-state index in [0.717, 1.165) is 5.56 Å². The Hall–Kier alpha value is -1.65. The summed E-state index contributed by atoms with van der Waals surface area (Å²) < 4.78 is 0. The van der Waals surface area contributed by atoms with E-state index in [4.69, 9.17) is 23.2 Å². The molecule has 4 nitrogen and oxygen atoms in total. The Kier molecular flexibility index (Phi) is 3.79. The zero-order chi connectivity index (χ0) is 13.1. The third-order valence-electron chi connectivity index (χ3n) is 2.28. The molecule has 1 N–H and O–H groups in total. The summed E-state index contributed by atoms with van der Waals surface area (Å²) in [6, 6.07) is 5.04. The number of aryl methyl sites for hydroxylation is 1. The van der Waals surface area contributed by atoms with Gasteiger partial charge in [0.1, 0.15) is 5.15 Å². The van der Waals surface area contributed by atoms with E-state index in [1.54, 1.807) is 18.2 Å². The summed E-state index contributed by atoms with van der Waals surface area (Å²) in [6.07, 6.45) is 2.76. The van der Waals surface area contributed by atoms with Gasteiger partial charge in [-0.05, 0) is 30.7 Å². The van der Waals surface area contributed by atoms with Crippen LogP contribution in [0.1, 0.15) is 15.9 Å². The average molecular weight is 282 g/mol. The number of carbonyl (C=O) groups excluding carboxylic acids is 1. The van der Waals surface area contributed by atoms with Crippen molar-refractivity contribution in [2.75, 3.05) is 5.32 Å². The van der Waals surface area contributed by atoms with Gasteiger partial charge in [-0.2, -0.15) is 0 Å². The highest BCUT2D eigenvalue weighted by molar-refractivity contribution is 6.31. The van der Waals surface area contributed by atoms with Crippen LogP contribution in [0.15, 0.2) is 30.6 Å². The van der Waals surface area contributed by atoms with Crippen LogP contribution >= 0.6 is 23.2 Å². The van der Waals surface area contributed by atoms with Gasteiger partial charge in [0.2, 0.25) is 0 Å². The second-order valence-electron chi connectivity index (χ2n) is 3.64. The number of amides is 1. The maximum Gasteiger partial charge on any atom is 0.256 e. The van der Waals surface area contributed by atoms with Crippen LogP contribution in [-0.2, 0) is 0 Å². The normalized spacial score (nSPS) is 10.2. The number of carbonyl (C=O) groups is 1. The highest BCUT2D eigenvalue weighted by atomic mass is 35.5. The summed E-state index contributed by atoms with van der Waals surface area (Å²) in [5.41, 5.74) is 1.35. The molecule has 0 radical (unpaired) electrons. The summed E-state index contributed by atoms with van der Waals surface area (Å²) in [4.78, 5) is 19.7. The molecule has 0 bridgehead atoms. The number of benzene rings is 1. The molecule has 0 aliphatic carbocycles. The van der Waals surface area contributed by atoms with Gasteiger partial charge in [0.15, 0.2) is 5.82 Å². The van der Waals surface area contributed by atoms with Gasteiger partial charge in [-0.1, -0.05) is 23.2 Å². The van der Waals surface area contributed by atoms with E-state index >= 15 is 0 Å². The van der Waals surface area contributed by atoms with Gasteiger partial charge in [0.05, 0.1) is 12.4 Å². The molecule has 1 aromatic heterocycles. The van der Waals surface area contributed by atoms with E-state index in [1.165, 1.54) is 12.4 Å². The monoisotopic (exact) mass is 281 g/mol. The number of nitrogens with zero attached hydrogens (tertiary/aromatic N) is 2. The highest BCUT2D eigenvalue weighted by Crippen LogP contribution is 2.17. The molecule has 2 rings (SSSR count). The Balaban J connectivity index is 2.16. The Morgan fingerprint density at radius 3 is 2.61 bits per heavy atom. The largest absolute Gasteiger partial charge is 0.305 e. The van der Waals surface area contributed by atoms with E-state index < -0.39 is 0 Å². The van der Waals surface area contributed by atoms with Gasteiger partial charge in [0.25, 0.3) is 5.91 Å². The average Bonchev–Trinajstić information content (AvgIpc) is 2.35. The van der Waals surface area contributed by atoms with Crippen LogP contribution in [0.25, 0.3) is 0 Å². The van der Waals surface area contributed by atoms with Gasteiger partial charge in [-0.3, -0.25) is 4.79 Å². The molecular weight excluding hydrogens is 273 g/mol. The third-order valence-corrected chi connectivity index (χ3v) is 2.90. The molecule has 18 heavy (non-hydrogen) atoms. The van der Waals surface area contributed by atoms with Crippen molar-refractivity contribution in [3.05, 3.63) is 51.9 Å². The first-order valence-corrected chi connectivity index (χ1v) is 5.87. The molecule has 0 aliphatic rings. The second kappa shape index (κ2) is 5.33. The molecule has 2 aromatic rings. The predicted molar refractivity (Wildman–Crippen MR) is 71.2 cm³/mol. The summed E-state index contributed by atoms with van der Waals surface area (Å²) in [6.45, 7) is 1.83. The maximum absolute atomic E-state index is 11.9. The molecule has 0 aliphatic heterocycles. The lowest BCUT2D eigenvalue weighted by atomic mass is 10.1. The molecule has 0 unspecified atom stereocenters. The molecular formula is C12H9Cl2N3O. The van der Waals surface area contributed by atoms with Crippen LogP contribution in [0, 0.1) is 6.92 Å². The molecule has 0 spiro atoms. The van der Waals surface area contributed by atoms with E-state index in [-0.39, 0.29) is 11.1 Å². The number of rotatable bonds is 2. The first-order chi connectivity index (χ1) is 8.56. The fourth-order valence-electron chi connectivity index (χ4n) is 1.35. The fourth-order valence-corrected chi connectivity index (χ4v) is 1.57. The Morgan fingerprint density at radius 1 is 1.22 bits per heavy atom. The highest BCUT2D eigenvalue weighted by Gasteiger charge is 2.08. The lowest BCUT2D eigenvalue weighted by Gasteiger charge is -2.05. The van der Waals surface area contributed by atoms with Crippen molar-refractivity contribution in [2.45, 2.75) is 6.92 Å². The van der Waals surface area contributed by atoms with Crippen molar-refractivity contribution < 1.29 is 4.79 Å². The van der Waals surface area contributed by atoms with Gasteiger partial charge in [0, 0.05) is 10.6 Å². The van der Waals surface area contributed by atoms with Crippen molar-refractivity contribution in [3.8, 4) is 0 Å².